The molecule has 158 valence electrons. The van der Waals surface area contributed by atoms with Crippen LogP contribution in [0, 0.1) is 0 Å². The minimum Gasteiger partial charge on any atom is -0.493 e. The highest BCUT2D eigenvalue weighted by Crippen LogP contribution is 2.35. The monoisotopic (exact) mass is 407 g/mol. The van der Waals surface area contributed by atoms with Gasteiger partial charge in [-0.1, -0.05) is 0 Å². The molecule has 0 spiro atoms. The highest BCUT2D eigenvalue weighted by atomic mass is 16.5. The molecule has 2 heterocycles. The number of methoxy groups -OCH3 is 2. The lowest BCUT2D eigenvalue weighted by Crippen LogP contribution is -2.36. The second-order valence-corrected chi connectivity index (χ2v) is 7.97. The van der Waals surface area contributed by atoms with Crippen LogP contribution in [0.5, 0.6) is 11.5 Å². The number of pyridine rings is 1. The molecule has 7 nitrogen and oxygen atoms in total. The molecule has 1 aliphatic rings. The van der Waals surface area contributed by atoms with Gasteiger partial charge in [0.05, 0.1) is 25.3 Å². The zero-order valence-electron chi connectivity index (χ0n) is 18.1. The highest BCUT2D eigenvalue weighted by Gasteiger charge is 2.24. The van der Waals surface area contributed by atoms with Crippen molar-refractivity contribution in [2.75, 3.05) is 33.6 Å². The van der Waals surface area contributed by atoms with Crippen molar-refractivity contribution in [1.82, 2.24) is 19.9 Å². The molecular weight excluding hydrogens is 378 g/mol. The zero-order chi connectivity index (χ0) is 21.1. The van der Waals surface area contributed by atoms with E-state index in [0.29, 0.717) is 23.6 Å². The van der Waals surface area contributed by atoms with Crippen molar-refractivity contribution in [3.05, 3.63) is 36.7 Å². The van der Waals surface area contributed by atoms with Crippen LogP contribution in [0.1, 0.15) is 25.7 Å². The number of ether oxygens (including phenoxy) is 2. The summed E-state index contributed by atoms with van der Waals surface area (Å²) in [6.45, 7) is 0. The van der Waals surface area contributed by atoms with Crippen LogP contribution in [-0.4, -0.2) is 60.3 Å². The Hall–Kier alpha value is -2.93. The van der Waals surface area contributed by atoms with Crippen molar-refractivity contribution < 1.29 is 9.47 Å². The molecule has 0 aliphatic heterocycles. The molecule has 1 saturated carbocycles. The lowest BCUT2D eigenvalue weighted by molar-refractivity contribution is 0.221. The lowest BCUT2D eigenvalue weighted by Gasteiger charge is -2.33. The van der Waals surface area contributed by atoms with Crippen LogP contribution < -0.4 is 14.8 Å². The van der Waals surface area contributed by atoms with Crippen LogP contribution in [0.3, 0.4) is 0 Å². The van der Waals surface area contributed by atoms with Gasteiger partial charge in [-0.3, -0.25) is 4.98 Å². The van der Waals surface area contributed by atoms with E-state index in [2.05, 4.69) is 29.3 Å². The highest BCUT2D eigenvalue weighted by molar-refractivity contribution is 5.85. The summed E-state index contributed by atoms with van der Waals surface area (Å²) in [5, 5.41) is 3.67. The summed E-state index contributed by atoms with van der Waals surface area (Å²) < 4.78 is 10.9. The third-order valence-corrected chi connectivity index (χ3v) is 5.87. The molecule has 2 aromatic heterocycles. The normalized spacial score (nSPS) is 19.1. The number of aromatic nitrogens is 3. The summed E-state index contributed by atoms with van der Waals surface area (Å²) in [5.74, 6) is 2.07. The van der Waals surface area contributed by atoms with E-state index in [1.54, 1.807) is 20.4 Å². The van der Waals surface area contributed by atoms with E-state index < -0.39 is 0 Å². The molecule has 0 radical (unpaired) electrons. The van der Waals surface area contributed by atoms with Gasteiger partial charge in [0.15, 0.2) is 17.3 Å². The van der Waals surface area contributed by atoms with Crippen LogP contribution >= 0.6 is 0 Å². The molecular formula is C23H29N5O2. The van der Waals surface area contributed by atoms with Crippen molar-refractivity contribution in [2.45, 2.75) is 37.8 Å². The third-order valence-electron chi connectivity index (χ3n) is 5.87. The zero-order valence-corrected chi connectivity index (χ0v) is 18.1. The van der Waals surface area contributed by atoms with Crippen molar-refractivity contribution in [2.24, 2.45) is 0 Å². The first kappa shape index (κ1) is 20.3. The third kappa shape index (κ3) is 4.16. The molecule has 0 bridgehead atoms. The van der Waals surface area contributed by atoms with Gasteiger partial charge in [0, 0.05) is 42.2 Å². The Morgan fingerprint density at radius 3 is 2.20 bits per heavy atom. The van der Waals surface area contributed by atoms with E-state index in [4.69, 9.17) is 19.4 Å². The van der Waals surface area contributed by atoms with E-state index in [1.807, 2.05) is 30.5 Å². The predicted molar refractivity (Wildman–Crippen MR) is 119 cm³/mol. The lowest BCUT2D eigenvalue weighted by atomic mass is 9.90. The van der Waals surface area contributed by atoms with Gasteiger partial charge < -0.3 is 19.7 Å². The van der Waals surface area contributed by atoms with E-state index in [-0.39, 0.29) is 0 Å². The summed E-state index contributed by atoms with van der Waals surface area (Å²) in [4.78, 5) is 16.5. The Balaban J connectivity index is 1.72. The van der Waals surface area contributed by atoms with Gasteiger partial charge in [0.1, 0.15) is 5.69 Å². The Bertz CT molecular complexity index is 1000. The first-order valence-electron chi connectivity index (χ1n) is 10.4. The number of rotatable bonds is 6. The molecule has 1 aromatic carbocycles. The van der Waals surface area contributed by atoms with Gasteiger partial charge in [-0.2, -0.15) is 0 Å². The maximum Gasteiger partial charge on any atom is 0.163 e. The van der Waals surface area contributed by atoms with Gasteiger partial charge in [0.25, 0.3) is 0 Å². The number of nitrogens with zero attached hydrogens (tertiary/aromatic N) is 4. The summed E-state index contributed by atoms with van der Waals surface area (Å²) in [7, 11) is 7.58. The fourth-order valence-electron chi connectivity index (χ4n) is 4.12. The standard InChI is InChI=1S/C23H29N5O2/c1-28(2)17-9-7-16(8-10-17)25-23-22(15-6-5-11-24-14-15)26-18-12-20(29-3)21(30-4)13-19(18)27-23/h5-6,11-14,16-17H,7-10H2,1-4H3,(H,25,27). The van der Waals surface area contributed by atoms with Gasteiger partial charge in [-0.25, -0.2) is 9.97 Å². The largest absolute Gasteiger partial charge is 0.493 e. The molecule has 0 unspecified atom stereocenters. The SMILES string of the molecule is COc1cc2nc(NC3CCC(N(C)C)CC3)c(-c3cccnc3)nc2cc1OC. The number of hydrogen-bond acceptors (Lipinski definition) is 7. The maximum atomic E-state index is 5.46. The average molecular weight is 408 g/mol. The maximum absolute atomic E-state index is 5.46. The molecule has 7 heteroatoms. The van der Waals surface area contributed by atoms with Gasteiger partial charge in [0.2, 0.25) is 0 Å². The molecule has 30 heavy (non-hydrogen) atoms. The number of anilines is 1. The number of benzene rings is 1. The molecule has 0 amide bonds. The Kier molecular flexibility index (Phi) is 5.99. The van der Waals surface area contributed by atoms with Crippen LogP contribution in [0.25, 0.3) is 22.3 Å². The van der Waals surface area contributed by atoms with Crippen molar-refractivity contribution in [3.8, 4) is 22.8 Å². The van der Waals surface area contributed by atoms with E-state index in [9.17, 15) is 0 Å². The predicted octanol–water partition coefficient (Wildman–Crippen LogP) is 3.99. The van der Waals surface area contributed by atoms with Crippen LogP contribution in [0.2, 0.25) is 0 Å². The molecule has 0 saturated heterocycles. The minimum atomic E-state index is 0.378. The summed E-state index contributed by atoms with van der Waals surface area (Å²) in [5.41, 5.74) is 3.27. The smallest absolute Gasteiger partial charge is 0.163 e. The van der Waals surface area contributed by atoms with Crippen molar-refractivity contribution >= 4 is 16.9 Å². The Morgan fingerprint density at radius 1 is 0.967 bits per heavy atom. The van der Waals surface area contributed by atoms with Crippen LogP contribution in [-0.2, 0) is 0 Å². The quantitative estimate of drug-likeness (QED) is 0.662. The molecule has 0 atom stereocenters. The Labute approximate surface area is 177 Å². The summed E-state index contributed by atoms with van der Waals surface area (Å²) in [6, 6.07) is 8.71. The van der Waals surface area contributed by atoms with E-state index in [0.717, 1.165) is 41.0 Å². The van der Waals surface area contributed by atoms with Gasteiger partial charge >= 0.3 is 0 Å². The average Bonchev–Trinajstić information content (AvgIpc) is 2.78. The fraction of sp³-hybridized carbons (Fsp3) is 0.435. The van der Waals surface area contributed by atoms with Gasteiger partial charge in [-0.15, -0.1) is 0 Å². The van der Waals surface area contributed by atoms with Crippen molar-refractivity contribution in [1.29, 1.82) is 0 Å². The molecule has 4 rings (SSSR count). The van der Waals surface area contributed by atoms with E-state index >= 15 is 0 Å². The molecule has 1 fully saturated rings. The van der Waals surface area contributed by atoms with Crippen LogP contribution in [0.4, 0.5) is 5.82 Å². The Morgan fingerprint density at radius 2 is 1.63 bits per heavy atom. The molecule has 1 N–H and O–H groups in total. The first-order chi connectivity index (χ1) is 14.6. The topological polar surface area (TPSA) is 72.4 Å². The van der Waals surface area contributed by atoms with Crippen LogP contribution in [0.15, 0.2) is 36.7 Å². The second kappa shape index (κ2) is 8.83. The molecule has 1 aliphatic carbocycles. The van der Waals surface area contributed by atoms with Crippen molar-refractivity contribution in [3.63, 3.8) is 0 Å². The minimum absolute atomic E-state index is 0.378. The van der Waals surface area contributed by atoms with E-state index in [1.165, 1.54) is 12.8 Å². The number of nitrogens with one attached hydrogen (secondary N) is 1. The molecule has 3 aromatic rings. The first-order valence-corrected chi connectivity index (χ1v) is 10.4. The number of hydrogen-bond donors (Lipinski definition) is 1. The second-order valence-electron chi connectivity index (χ2n) is 7.97. The number of fused-ring (bicyclic) bond motifs is 1. The fourth-order valence-corrected chi connectivity index (χ4v) is 4.12. The summed E-state index contributed by atoms with van der Waals surface area (Å²) >= 11 is 0. The van der Waals surface area contributed by atoms with Gasteiger partial charge in [-0.05, 0) is 51.9 Å². The summed E-state index contributed by atoms with van der Waals surface area (Å²) in [6.07, 6.45) is 8.17.